The quantitative estimate of drug-likeness (QED) is 0.495. The third kappa shape index (κ3) is 2.12. The molecule has 0 amide bonds. The minimum atomic E-state index is 1.02. The van der Waals surface area contributed by atoms with Crippen LogP contribution in [0.4, 0.5) is 0 Å². The number of nitrogens with zero attached hydrogens (tertiary/aromatic N) is 3. The lowest BCUT2D eigenvalue weighted by atomic mass is 10.2. The fraction of sp³-hybridized carbons (Fsp3) is 0.176. The zero-order valence-corrected chi connectivity index (χ0v) is 14.0. The van der Waals surface area contributed by atoms with Crippen LogP contribution in [-0.4, -0.2) is 20.1 Å². The maximum atomic E-state index is 4.70. The third-order valence-electron chi connectivity index (χ3n) is 3.70. The highest BCUT2D eigenvalue weighted by Gasteiger charge is 2.13. The van der Waals surface area contributed by atoms with Crippen molar-refractivity contribution in [3.8, 4) is 10.6 Å². The maximum absolute atomic E-state index is 4.70. The van der Waals surface area contributed by atoms with Crippen LogP contribution in [0.2, 0.25) is 0 Å². The number of imidazole rings is 1. The van der Waals surface area contributed by atoms with Gasteiger partial charge in [0, 0.05) is 17.3 Å². The number of thiazole rings is 1. The average Bonchev–Trinajstić information content (AvgIpc) is 3.07. The van der Waals surface area contributed by atoms with Gasteiger partial charge in [0.1, 0.15) is 0 Å². The summed E-state index contributed by atoms with van der Waals surface area (Å²) < 4.78 is 2.16. The minimum absolute atomic E-state index is 1.02. The number of pyridine rings is 1. The number of thioether (sulfide) groups is 1. The van der Waals surface area contributed by atoms with E-state index in [-0.39, 0.29) is 0 Å². The third-order valence-corrected chi connectivity index (χ3v) is 5.73. The first-order chi connectivity index (χ1) is 10.8. The predicted molar refractivity (Wildman–Crippen MR) is 94.9 cm³/mol. The van der Waals surface area contributed by atoms with E-state index in [9.17, 15) is 0 Å². The van der Waals surface area contributed by atoms with Crippen LogP contribution in [0.5, 0.6) is 0 Å². The van der Waals surface area contributed by atoms with Gasteiger partial charge in [-0.3, -0.25) is 9.38 Å². The smallest absolute Gasteiger partial charge is 0.195 e. The van der Waals surface area contributed by atoms with Crippen LogP contribution >= 0.6 is 23.1 Å². The summed E-state index contributed by atoms with van der Waals surface area (Å²) in [6.45, 7) is 4.33. The van der Waals surface area contributed by atoms with Crippen molar-refractivity contribution in [2.75, 3.05) is 5.75 Å². The molecule has 110 valence electrons. The Hall–Kier alpha value is -1.85. The van der Waals surface area contributed by atoms with Crippen LogP contribution in [0.25, 0.3) is 26.6 Å². The molecule has 3 nitrogen and oxygen atoms in total. The van der Waals surface area contributed by atoms with E-state index >= 15 is 0 Å². The summed E-state index contributed by atoms with van der Waals surface area (Å²) in [5.74, 6) is 1.07. The molecule has 3 aromatic heterocycles. The number of aromatic nitrogens is 3. The molecule has 22 heavy (non-hydrogen) atoms. The van der Waals surface area contributed by atoms with Gasteiger partial charge in [0.2, 0.25) is 0 Å². The molecule has 1 aromatic carbocycles. The highest BCUT2D eigenvalue weighted by molar-refractivity contribution is 7.99. The van der Waals surface area contributed by atoms with Crippen LogP contribution < -0.4 is 0 Å². The van der Waals surface area contributed by atoms with Gasteiger partial charge in [0.05, 0.1) is 21.6 Å². The summed E-state index contributed by atoms with van der Waals surface area (Å²) in [5, 5.41) is 0. The van der Waals surface area contributed by atoms with Gasteiger partial charge in [0.25, 0.3) is 0 Å². The number of rotatable bonds is 3. The summed E-state index contributed by atoms with van der Waals surface area (Å²) >= 11 is 3.56. The molecule has 0 aliphatic heterocycles. The monoisotopic (exact) mass is 325 g/mol. The molecule has 3 heterocycles. The summed E-state index contributed by atoms with van der Waals surface area (Å²) in [4.78, 5) is 12.8. The van der Waals surface area contributed by atoms with Crippen LogP contribution in [0.15, 0.2) is 47.6 Å². The first-order valence-electron chi connectivity index (χ1n) is 7.23. The van der Waals surface area contributed by atoms with Gasteiger partial charge in [-0.15, -0.1) is 11.8 Å². The van der Waals surface area contributed by atoms with Gasteiger partial charge in [-0.05, 0) is 36.4 Å². The fourth-order valence-corrected chi connectivity index (χ4v) is 4.48. The Labute approximate surface area is 137 Å². The van der Waals surface area contributed by atoms with Gasteiger partial charge in [-0.2, -0.15) is 0 Å². The zero-order chi connectivity index (χ0) is 15.1. The highest BCUT2D eigenvalue weighted by atomic mass is 32.2. The van der Waals surface area contributed by atoms with E-state index in [1.165, 1.54) is 15.3 Å². The summed E-state index contributed by atoms with van der Waals surface area (Å²) in [5.41, 5.74) is 4.51. The number of hydrogen-bond acceptors (Lipinski definition) is 4. The summed E-state index contributed by atoms with van der Waals surface area (Å²) in [7, 11) is 0. The second-order valence-corrected chi connectivity index (χ2v) is 7.38. The van der Waals surface area contributed by atoms with Crippen molar-refractivity contribution in [3.05, 3.63) is 48.3 Å². The number of para-hydroxylation sites is 2. The molecule has 0 aliphatic rings. The lowest BCUT2D eigenvalue weighted by Crippen LogP contribution is -1.89. The normalized spacial score (nSPS) is 11.5. The topological polar surface area (TPSA) is 30.2 Å². The van der Waals surface area contributed by atoms with Crippen LogP contribution in [0, 0.1) is 6.92 Å². The van der Waals surface area contributed by atoms with Gasteiger partial charge in [-0.25, -0.2) is 4.98 Å². The van der Waals surface area contributed by atoms with Gasteiger partial charge in [-0.1, -0.05) is 30.4 Å². The van der Waals surface area contributed by atoms with E-state index in [2.05, 4.69) is 53.7 Å². The molecule has 4 aromatic rings. The molecule has 5 heteroatoms. The van der Waals surface area contributed by atoms with Crippen molar-refractivity contribution >= 4 is 39.1 Å². The van der Waals surface area contributed by atoms with Crippen molar-refractivity contribution in [1.29, 1.82) is 0 Å². The number of benzene rings is 1. The lowest BCUT2D eigenvalue weighted by molar-refractivity contribution is 1.19. The van der Waals surface area contributed by atoms with E-state index in [1.54, 1.807) is 11.3 Å². The zero-order valence-electron chi connectivity index (χ0n) is 12.4. The Morgan fingerprint density at radius 2 is 2.09 bits per heavy atom. The molecule has 0 atom stereocenters. The SMILES string of the molecule is CCSc1ccnc(-c2cn3c(nc4ccccc43)s2)c1C. The standard InChI is InChI=1S/C17H15N3S2/c1-3-21-14-8-9-18-16(11(14)2)15-10-20-13-7-5-4-6-12(13)19-17(20)22-15/h4-10H,3H2,1-2H3. The molecule has 0 aliphatic carbocycles. The van der Waals surface area contributed by atoms with Crippen molar-refractivity contribution in [2.45, 2.75) is 18.7 Å². The first-order valence-corrected chi connectivity index (χ1v) is 9.03. The minimum Gasteiger partial charge on any atom is -0.290 e. The molecule has 0 saturated carbocycles. The lowest BCUT2D eigenvalue weighted by Gasteiger charge is -2.07. The molecule has 0 radical (unpaired) electrons. The van der Waals surface area contributed by atoms with E-state index in [4.69, 9.17) is 4.98 Å². The average molecular weight is 325 g/mol. The van der Waals surface area contributed by atoms with Crippen LogP contribution in [0.1, 0.15) is 12.5 Å². The predicted octanol–water partition coefficient (Wildman–Crippen LogP) is 5.03. The van der Waals surface area contributed by atoms with Crippen LogP contribution in [0.3, 0.4) is 0 Å². The Bertz CT molecular complexity index is 969. The molecule has 0 bridgehead atoms. The Kier molecular flexibility index (Phi) is 3.39. The van der Waals surface area contributed by atoms with E-state index in [0.29, 0.717) is 0 Å². The maximum Gasteiger partial charge on any atom is 0.195 e. The van der Waals surface area contributed by atoms with E-state index < -0.39 is 0 Å². The molecule has 0 N–H and O–H groups in total. The Morgan fingerprint density at radius 1 is 1.23 bits per heavy atom. The number of hydrogen-bond donors (Lipinski definition) is 0. The molecule has 0 unspecified atom stereocenters. The largest absolute Gasteiger partial charge is 0.290 e. The molecular formula is C17H15N3S2. The fourth-order valence-electron chi connectivity index (χ4n) is 2.65. The van der Waals surface area contributed by atoms with Crippen molar-refractivity contribution < 1.29 is 0 Å². The highest BCUT2D eigenvalue weighted by Crippen LogP contribution is 2.34. The van der Waals surface area contributed by atoms with Crippen LogP contribution in [-0.2, 0) is 0 Å². The van der Waals surface area contributed by atoms with E-state index in [1.807, 2.05) is 24.0 Å². The van der Waals surface area contributed by atoms with Crippen molar-refractivity contribution in [2.24, 2.45) is 0 Å². The molecule has 4 rings (SSSR count). The van der Waals surface area contributed by atoms with Crippen molar-refractivity contribution in [1.82, 2.24) is 14.4 Å². The Balaban J connectivity index is 1.89. The molecule has 0 fully saturated rings. The second kappa shape index (κ2) is 5.41. The molecule has 0 saturated heterocycles. The van der Waals surface area contributed by atoms with Gasteiger partial charge >= 0.3 is 0 Å². The Morgan fingerprint density at radius 3 is 2.95 bits per heavy atom. The van der Waals surface area contributed by atoms with E-state index in [0.717, 1.165) is 27.4 Å². The van der Waals surface area contributed by atoms with Gasteiger partial charge in [0.15, 0.2) is 4.96 Å². The van der Waals surface area contributed by atoms with Gasteiger partial charge < -0.3 is 0 Å². The summed E-state index contributed by atoms with van der Waals surface area (Å²) in [6.07, 6.45) is 4.06. The summed E-state index contributed by atoms with van der Waals surface area (Å²) in [6, 6.07) is 10.3. The molecule has 0 spiro atoms. The van der Waals surface area contributed by atoms with Crippen molar-refractivity contribution in [3.63, 3.8) is 0 Å². The molecular weight excluding hydrogens is 310 g/mol. The second-order valence-electron chi connectivity index (χ2n) is 5.06. The first kappa shape index (κ1) is 13.8. The number of fused-ring (bicyclic) bond motifs is 3.